The Morgan fingerprint density at radius 2 is 1.77 bits per heavy atom. The number of anilines is 1. The SMILES string of the molecule is Cl.Cl.O=C(Nc1cccc2ncccc12)[C@@H]1CNC[C@H]1c1ccccc1. The Morgan fingerprint density at radius 1 is 0.962 bits per heavy atom. The van der Waals surface area contributed by atoms with Gasteiger partial charge in [0.05, 0.1) is 17.1 Å². The van der Waals surface area contributed by atoms with Gasteiger partial charge >= 0.3 is 0 Å². The van der Waals surface area contributed by atoms with Crippen molar-refractivity contribution in [3.8, 4) is 0 Å². The van der Waals surface area contributed by atoms with Gasteiger partial charge in [0.15, 0.2) is 0 Å². The highest BCUT2D eigenvalue weighted by Gasteiger charge is 2.34. The molecule has 4 rings (SSSR count). The molecular weight excluding hydrogens is 369 g/mol. The van der Waals surface area contributed by atoms with Crippen molar-refractivity contribution in [2.75, 3.05) is 18.4 Å². The minimum absolute atomic E-state index is 0. The van der Waals surface area contributed by atoms with Gasteiger partial charge in [0.25, 0.3) is 0 Å². The zero-order chi connectivity index (χ0) is 16.4. The number of aromatic nitrogens is 1. The van der Waals surface area contributed by atoms with Gasteiger partial charge in [-0.25, -0.2) is 0 Å². The predicted octanol–water partition coefficient (Wildman–Crippen LogP) is 4.02. The van der Waals surface area contributed by atoms with Crippen LogP contribution in [0.15, 0.2) is 66.9 Å². The van der Waals surface area contributed by atoms with E-state index in [9.17, 15) is 4.79 Å². The molecule has 1 aliphatic rings. The lowest BCUT2D eigenvalue weighted by Gasteiger charge is -2.19. The first-order chi connectivity index (χ1) is 11.8. The summed E-state index contributed by atoms with van der Waals surface area (Å²) in [6.07, 6.45) is 1.76. The van der Waals surface area contributed by atoms with E-state index in [1.807, 2.05) is 48.5 Å². The van der Waals surface area contributed by atoms with E-state index < -0.39 is 0 Å². The maximum absolute atomic E-state index is 12.9. The highest BCUT2D eigenvalue weighted by molar-refractivity contribution is 6.02. The summed E-state index contributed by atoms with van der Waals surface area (Å²) in [7, 11) is 0. The van der Waals surface area contributed by atoms with Crippen molar-refractivity contribution in [3.05, 3.63) is 72.4 Å². The average Bonchev–Trinajstić information content (AvgIpc) is 3.13. The molecule has 1 aliphatic heterocycles. The molecule has 0 aliphatic carbocycles. The molecule has 2 aromatic carbocycles. The molecule has 1 aromatic heterocycles. The maximum atomic E-state index is 12.9. The van der Waals surface area contributed by atoms with Gasteiger partial charge in [0.2, 0.25) is 5.91 Å². The molecule has 0 unspecified atom stereocenters. The van der Waals surface area contributed by atoms with Gasteiger partial charge in [-0.3, -0.25) is 9.78 Å². The van der Waals surface area contributed by atoms with Crippen LogP contribution < -0.4 is 10.6 Å². The van der Waals surface area contributed by atoms with Gasteiger partial charge in [-0.2, -0.15) is 0 Å². The molecule has 26 heavy (non-hydrogen) atoms. The third-order valence-corrected chi connectivity index (χ3v) is 4.68. The summed E-state index contributed by atoms with van der Waals surface area (Å²) >= 11 is 0. The smallest absolute Gasteiger partial charge is 0.229 e. The molecule has 1 saturated heterocycles. The molecule has 136 valence electrons. The molecule has 0 saturated carbocycles. The van der Waals surface area contributed by atoms with Crippen molar-refractivity contribution in [2.24, 2.45) is 5.92 Å². The highest BCUT2D eigenvalue weighted by atomic mass is 35.5. The molecule has 6 heteroatoms. The Labute approximate surface area is 165 Å². The number of carbonyl (C=O) groups is 1. The molecule has 2 heterocycles. The number of halogens is 2. The van der Waals surface area contributed by atoms with Crippen LogP contribution in [0, 0.1) is 5.92 Å². The quantitative estimate of drug-likeness (QED) is 0.710. The van der Waals surface area contributed by atoms with Crippen molar-refractivity contribution in [2.45, 2.75) is 5.92 Å². The lowest BCUT2D eigenvalue weighted by atomic mass is 9.88. The van der Waals surface area contributed by atoms with Gasteiger partial charge in [-0.1, -0.05) is 36.4 Å². The predicted molar refractivity (Wildman–Crippen MR) is 110 cm³/mol. The fourth-order valence-corrected chi connectivity index (χ4v) is 3.44. The second-order valence-electron chi connectivity index (χ2n) is 6.15. The summed E-state index contributed by atoms with van der Waals surface area (Å²) in [4.78, 5) is 17.2. The number of hydrogen-bond donors (Lipinski definition) is 2. The number of carbonyl (C=O) groups excluding carboxylic acids is 1. The fourth-order valence-electron chi connectivity index (χ4n) is 3.44. The second kappa shape index (κ2) is 8.99. The van der Waals surface area contributed by atoms with Gasteiger partial charge in [-0.05, 0) is 29.8 Å². The molecule has 2 N–H and O–H groups in total. The summed E-state index contributed by atoms with van der Waals surface area (Å²) in [6, 6.07) is 19.9. The number of amides is 1. The summed E-state index contributed by atoms with van der Waals surface area (Å²) < 4.78 is 0. The van der Waals surface area contributed by atoms with Crippen LogP contribution in [-0.2, 0) is 4.79 Å². The van der Waals surface area contributed by atoms with Crippen LogP contribution in [0.25, 0.3) is 10.9 Å². The first kappa shape index (κ1) is 20.2. The van der Waals surface area contributed by atoms with Crippen LogP contribution in [0.1, 0.15) is 11.5 Å². The maximum Gasteiger partial charge on any atom is 0.229 e. The standard InChI is InChI=1S/C20H19N3O.2ClH/c24-20(17-13-21-12-16(17)14-6-2-1-3-7-14)23-19-10-4-9-18-15(19)8-5-11-22-18;;/h1-11,16-17,21H,12-13H2,(H,23,24);2*1H/t16-,17+;;/m0../s1. The Morgan fingerprint density at radius 3 is 2.58 bits per heavy atom. The third-order valence-electron chi connectivity index (χ3n) is 4.68. The fraction of sp³-hybridized carbons (Fsp3) is 0.200. The number of fused-ring (bicyclic) bond motifs is 1. The minimum Gasteiger partial charge on any atom is -0.325 e. The van der Waals surface area contributed by atoms with Gasteiger partial charge < -0.3 is 10.6 Å². The first-order valence-electron chi connectivity index (χ1n) is 8.23. The second-order valence-corrected chi connectivity index (χ2v) is 6.15. The molecule has 4 nitrogen and oxygen atoms in total. The van der Waals surface area contributed by atoms with E-state index >= 15 is 0 Å². The van der Waals surface area contributed by atoms with E-state index in [1.165, 1.54) is 5.56 Å². The van der Waals surface area contributed by atoms with E-state index in [0.717, 1.165) is 23.1 Å². The Kier molecular flexibility index (Phi) is 6.98. The van der Waals surface area contributed by atoms with Crippen LogP contribution in [0.2, 0.25) is 0 Å². The van der Waals surface area contributed by atoms with Crippen LogP contribution in [0.3, 0.4) is 0 Å². The summed E-state index contributed by atoms with van der Waals surface area (Å²) in [5, 5.41) is 7.43. The number of nitrogens with zero attached hydrogens (tertiary/aromatic N) is 1. The number of benzene rings is 2. The lowest BCUT2D eigenvalue weighted by Crippen LogP contribution is -2.28. The van der Waals surface area contributed by atoms with E-state index in [4.69, 9.17) is 0 Å². The summed E-state index contributed by atoms with van der Waals surface area (Å²) in [5.41, 5.74) is 2.92. The topological polar surface area (TPSA) is 54.0 Å². The van der Waals surface area contributed by atoms with Crippen molar-refractivity contribution in [3.63, 3.8) is 0 Å². The van der Waals surface area contributed by atoms with E-state index in [-0.39, 0.29) is 42.6 Å². The highest BCUT2D eigenvalue weighted by Crippen LogP contribution is 2.30. The monoisotopic (exact) mass is 389 g/mol. The first-order valence-corrected chi connectivity index (χ1v) is 8.23. The van der Waals surface area contributed by atoms with Crippen molar-refractivity contribution in [1.82, 2.24) is 10.3 Å². The van der Waals surface area contributed by atoms with E-state index in [2.05, 4.69) is 27.8 Å². The molecule has 1 amide bonds. The number of rotatable bonds is 3. The number of nitrogens with one attached hydrogen (secondary N) is 2. The Balaban J connectivity index is 0.00000121. The largest absolute Gasteiger partial charge is 0.325 e. The number of pyridine rings is 1. The van der Waals surface area contributed by atoms with Gasteiger partial charge in [-0.15, -0.1) is 24.8 Å². The summed E-state index contributed by atoms with van der Waals surface area (Å²) in [6.45, 7) is 1.54. The zero-order valence-electron chi connectivity index (χ0n) is 14.1. The third kappa shape index (κ3) is 3.98. The summed E-state index contributed by atoms with van der Waals surface area (Å²) in [5.74, 6) is 0.198. The van der Waals surface area contributed by atoms with Crippen LogP contribution in [0.4, 0.5) is 5.69 Å². The van der Waals surface area contributed by atoms with E-state index in [0.29, 0.717) is 6.54 Å². The molecule has 1 fully saturated rings. The van der Waals surface area contributed by atoms with Crippen molar-refractivity contribution >= 4 is 47.3 Å². The average molecular weight is 390 g/mol. The van der Waals surface area contributed by atoms with E-state index in [1.54, 1.807) is 6.20 Å². The van der Waals surface area contributed by atoms with Crippen LogP contribution in [-0.4, -0.2) is 24.0 Å². The van der Waals surface area contributed by atoms with Crippen LogP contribution >= 0.6 is 24.8 Å². The molecule has 0 spiro atoms. The van der Waals surface area contributed by atoms with Gasteiger partial charge in [0.1, 0.15) is 0 Å². The molecule has 3 aromatic rings. The van der Waals surface area contributed by atoms with Crippen molar-refractivity contribution in [1.29, 1.82) is 0 Å². The lowest BCUT2D eigenvalue weighted by molar-refractivity contribution is -0.119. The minimum atomic E-state index is -0.0701. The van der Waals surface area contributed by atoms with Crippen LogP contribution in [0.5, 0.6) is 0 Å². The normalized spacial score (nSPS) is 18.6. The van der Waals surface area contributed by atoms with Gasteiger partial charge in [0, 0.05) is 30.6 Å². The molecule has 2 atom stereocenters. The molecular formula is C20H21Cl2N3O. The molecule has 0 radical (unpaired) electrons. The Bertz CT molecular complexity index is 868. The zero-order valence-corrected chi connectivity index (χ0v) is 15.7. The Hall–Kier alpha value is -2.14. The van der Waals surface area contributed by atoms with Crippen molar-refractivity contribution < 1.29 is 4.79 Å². The molecule has 0 bridgehead atoms. The number of hydrogen-bond acceptors (Lipinski definition) is 3.